The second-order valence-electron chi connectivity index (χ2n) is 7.84. The van der Waals surface area contributed by atoms with Crippen LogP contribution in [0.1, 0.15) is 39.0 Å². The molecule has 2 N–H and O–H groups in total. The van der Waals surface area contributed by atoms with Crippen LogP contribution in [0, 0.1) is 0 Å². The second-order valence-corrected chi connectivity index (χ2v) is 8.71. The van der Waals surface area contributed by atoms with E-state index < -0.39 is 17.9 Å². The number of carboxylic acid groups (broad SMARTS) is 1. The number of benzene rings is 3. The van der Waals surface area contributed by atoms with E-state index in [1.54, 1.807) is 59.6 Å². The number of rotatable bonds is 4. The van der Waals surface area contributed by atoms with Gasteiger partial charge in [-0.15, -0.1) is 0 Å². The zero-order valence-electron chi connectivity index (χ0n) is 16.8. The molecule has 2 atom stereocenters. The summed E-state index contributed by atoms with van der Waals surface area (Å²) in [7, 11) is 0. The summed E-state index contributed by atoms with van der Waals surface area (Å²) in [6.07, 6.45) is 1.78. The number of carboxylic acids is 1. The van der Waals surface area contributed by atoms with Crippen LogP contribution in [0.2, 0.25) is 10.0 Å². The maximum Gasteiger partial charge on any atom is 0.313 e. The molecule has 1 amide bonds. The first-order valence-electron chi connectivity index (χ1n) is 10.1. The van der Waals surface area contributed by atoms with E-state index in [1.165, 1.54) is 0 Å². The number of nitrogens with one attached hydrogen (secondary N) is 1. The Bertz CT molecular complexity index is 1350. The van der Waals surface area contributed by atoms with Crippen LogP contribution in [0.25, 0.3) is 10.9 Å². The smallest absolute Gasteiger partial charge is 0.313 e. The lowest BCUT2D eigenvalue weighted by molar-refractivity contribution is -0.140. The Hall–Kier alpha value is -3.28. The zero-order chi connectivity index (χ0) is 22.4. The van der Waals surface area contributed by atoms with Crippen molar-refractivity contribution in [3.05, 3.63) is 105 Å². The lowest BCUT2D eigenvalue weighted by atomic mass is 9.79. The van der Waals surface area contributed by atoms with Crippen LogP contribution in [0.5, 0.6) is 0 Å². The minimum Gasteiger partial charge on any atom is -0.481 e. The normalized spacial score (nSPS) is 18.1. The third-order valence-electron chi connectivity index (χ3n) is 5.97. The summed E-state index contributed by atoms with van der Waals surface area (Å²) in [6.45, 7) is 0.249. The van der Waals surface area contributed by atoms with Crippen LogP contribution >= 0.6 is 23.2 Å². The number of H-pyrrole nitrogens is 1. The summed E-state index contributed by atoms with van der Waals surface area (Å²) in [5, 5.41) is 12.3. The molecule has 0 fully saturated rings. The summed E-state index contributed by atoms with van der Waals surface area (Å²) in [5.41, 5.74) is 3.31. The first kappa shape index (κ1) is 20.6. The summed E-state index contributed by atoms with van der Waals surface area (Å²) in [4.78, 5) is 31.0. The van der Waals surface area contributed by atoms with Gasteiger partial charge in [-0.05, 0) is 41.5 Å². The predicted molar refractivity (Wildman–Crippen MR) is 124 cm³/mol. The summed E-state index contributed by atoms with van der Waals surface area (Å²) in [6, 6.07) is 18.8. The van der Waals surface area contributed by atoms with Gasteiger partial charge in [0.25, 0.3) is 5.91 Å². The number of nitrogens with zero attached hydrogens (tertiary/aromatic N) is 1. The molecule has 5 nitrogen and oxygen atoms in total. The van der Waals surface area contributed by atoms with Crippen molar-refractivity contribution in [1.82, 2.24) is 9.88 Å². The average molecular weight is 465 g/mol. The highest BCUT2D eigenvalue weighted by Crippen LogP contribution is 2.45. The highest BCUT2D eigenvalue weighted by atomic mass is 35.5. The molecule has 5 rings (SSSR count). The Morgan fingerprint density at radius 1 is 0.969 bits per heavy atom. The molecule has 1 aliphatic heterocycles. The van der Waals surface area contributed by atoms with E-state index in [0.717, 1.165) is 22.0 Å². The molecule has 1 aliphatic rings. The fourth-order valence-electron chi connectivity index (χ4n) is 4.53. The Kier molecular flexibility index (Phi) is 5.16. The van der Waals surface area contributed by atoms with Gasteiger partial charge in [0.1, 0.15) is 5.92 Å². The Morgan fingerprint density at radius 3 is 2.44 bits per heavy atom. The fourth-order valence-corrected chi connectivity index (χ4v) is 4.83. The number of hydrogen-bond acceptors (Lipinski definition) is 2. The number of carbonyl (C=O) groups excluding carboxylic acids is 1. The standard InChI is InChI=1S/C25H18Cl2N2O3/c26-15-7-5-14(6-8-15)13-29-23(20-12-28-21-11-16(27)9-10-17(20)21)22(25(31)32)18-3-1-2-4-19(18)24(29)30/h1-12,22-23,28H,13H2,(H,31,32). The molecule has 0 saturated heterocycles. The van der Waals surface area contributed by atoms with Gasteiger partial charge in [0.2, 0.25) is 0 Å². The van der Waals surface area contributed by atoms with Crippen LogP contribution in [0.15, 0.2) is 72.9 Å². The van der Waals surface area contributed by atoms with E-state index >= 15 is 0 Å². The van der Waals surface area contributed by atoms with Crippen molar-refractivity contribution in [2.45, 2.75) is 18.5 Å². The molecule has 32 heavy (non-hydrogen) atoms. The van der Waals surface area contributed by atoms with Crippen molar-refractivity contribution in [3.63, 3.8) is 0 Å². The third-order valence-corrected chi connectivity index (χ3v) is 6.45. The minimum atomic E-state index is -0.987. The van der Waals surface area contributed by atoms with Gasteiger partial charge in [0, 0.05) is 44.8 Å². The van der Waals surface area contributed by atoms with Crippen LogP contribution < -0.4 is 0 Å². The highest BCUT2D eigenvalue weighted by molar-refractivity contribution is 6.31. The monoisotopic (exact) mass is 464 g/mol. The lowest BCUT2D eigenvalue weighted by Gasteiger charge is -2.40. The summed E-state index contributed by atoms with van der Waals surface area (Å²) < 4.78 is 0. The lowest BCUT2D eigenvalue weighted by Crippen LogP contribution is -2.44. The van der Waals surface area contributed by atoms with Gasteiger partial charge in [-0.25, -0.2) is 0 Å². The largest absolute Gasteiger partial charge is 0.481 e. The minimum absolute atomic E-state index is 0.207. The van der Waals surface area contributed by atoms with E-state index in [2.05, 4.69) is 4.98 Å². The van der Waals surface area contributed by atoms with Gasteiger partial charge in [0.15, 0.2) is 0 Å². The molecule has 0 spiro atoms. The van der Waals surface area contributed by atoms with E-state index in [1.807, 2.05) is 18.2 Å². The number of halogens is 2. The van der Waals surface area contributed by atoms with Crippen molar-refractivity contribution in [1.29, 1.82) is 0 Å². The molecule has 1 aromatic heterocycles. The maximum absolute atomic E-state index is 13.6. The van der Waals surface area contributed by atoms with Gasteiger partial charge in [-0.2, -0.15) is 0 Å². The number of aliphatic carboxylic acids is 1. The fraction of sp³-hybridized carbons (Fsp3) is 0.120. The molecule has 4 aromatic rings. The SMILES string of the molecule is O=C(O)C1c2ccccc2C(=O)N(Cc2ccc(Cl)cc2)C1c1c[nH]c2cc(Cl)ccc12. The van der Waals surface area contributed by atoms with E-state index in [9.17, 15) is 14.7 Å². The van der Waals surface area contributed by atoms with Crippen LogP contribution in [-0.4, -0.2) is 26.9 Å². The third kappa shape index (κ3) is 3.44. The van der Waals surface area contributed by atoms with Crippen molar-refractivity contribution in [2.24, 2.45) is 0 Å². The zero-order valence-corrected chi connectivity index (χ0v) is 18.3. The summed E-state index contributed by atoms with van der Waals surface area (Å²) >= 11 is 12.2. The van der Waals surface area contributed by atoms with Crippen molar-refractivity contribution >= 4 is 46.0 Å². The molecule has 0 aliphatic carbocycles. The quantitative estimate of drug-likeness (QED) is 0.386. The molecule has 7 heteroatoms. The number of amides is 1. The van der Waals surface area contributed by atoms with Gasteiger partial charge < -0.3 is 15.0 Å². The van der Waals surface area contributed by atoms with Gasteiger partial charge in [-0.3, -0.25) is 9.59 Å². The van der Waals surface area contributed by atoms with Crippen LogP contribution in [0.4, 0.5) is 0 Å². The molecule has 2 unspecified atom stereocenters. The maximum atomic E-state index is 13.6. The second kappa shape index (κ2) is 8.01. The summed E-state index contributed by atoms with van der Waals surface area (Å²) in [5.74, 6) is -2.12. The van der Waals surface area contributed by atoms with E-state index in [4.69, 9.17) is 23.2 Å². The van der Waals surface area contributed by atoms with Crippen molar-refractivity contribution < 1.29 is 14.7 Å². The molecule has 0 bridgehead atoms. The van der Waals surface area contributed by atoms with E-state index in [0.29, 0.717) is 21.2 Å². The first-order chi connectivity index (χ1) is 15.4. The molecular weight excluding hydrogens is 447 g/mol. The molecule has 160 valence electrons. The number of aromatic nitrogens is 1. The van der Waals surface area contributed by atoms with Gasteiger partial charge in [0.05, 0.1) is 6.04 Å². The van der Waals surface area contributed by atoms with Crippen molar-refractivity contribution in [2.75, 3.05) is 0 Å². The Morgan fingerprint density at radius 2 is 1.69 bits per heavy atom. The Balaban J connectivity index is 1.72. The molecule has 2 heterocycles. The van der Waals surface area contributed by atoms with Crippen LogP contribution in [0.3, 0.4) is 0 Å². The number of fused-ring (bicyclic) bond motifs is 2. The molecule has 0 saturated carbocycles. The number of aromatic amines is 1. The topological polar surface area (TPSA) is 73.4 Å². The molecule has 3 aromatic carbocycles. The highest BCUT2D eigenvalue weighted by Gasteiger charge is 2.45. The molecule has 0 radical (unpaired) electrons. The average Bonchev–Trinajstić information content (AvgIpc) is 3.19. The number of carbonyl (C=O) groups is 2. The first-order valence-corrected chi connectivity index (χ1v) is 10.8. The van der Waals surface area contributed by atoms with E-state index in [-0.39, 0.29) is 12.5 Å². The molecular formula is C25H18Cl2N2O3. The predicted octanol–water partition coefficient (Wildman–Crippen LogP) is 6.04. The van der Waals surface area contributed by atoms with Gasteiger partial charge >= 0.3 is 5.97 Å². The van der Waals surface area contributed by atoms with Crippen LogP contribution in [-0.2, 0) is 11.3 Å². The van der Waals surface area contributed by atoms with Gasteiger partial charge in [-0.1, -0.05) is 59.6 Å². The van der Waals surface area contributed by atoms with Crippen molar-refractivity contribution in [3.8, 4) is 0 Å². The Labute approximate surface area is 194 Å². The number of hydrogen-bond donors (Lipinski definition) is 2.